The zero-order valence-electron chi connectivity index (χ0n) is 5.04. The van der Waals surface area contributed by atoms with Gasteiger partial charge >= 0.3 is 6.18 Å². The largest absolute Gasteiger partial charge is 0.440 e. The molecule has 1 atom stereocenters. The molecule has 0 N–H and O–H groups in total. The van der Waals surface area contributed by atoms with E-state index in [-0.39, 0.29) is 6.08 Å². The number of allylic oxidation sites excluding steroid dienone is 2. The number of alkyl halides is 5. The molecule has 5 heteroatoms. The fourth-order valence-corrected chi connectivity index (χ4v) is 0.430. The Morgan fingerprint density at radius 1 is 1.20 bits per heavy atom. The van der Waals surface area contributed by atoms with Crippen molar-refractivity contribution in [3.63, 3.8) is 0 Å². The second-order valence-corrected chi connectivity index (χ2v) is 2.17. The third kappa shape index (κ3) is 2.17. The van der Waals surface area contributed by atoms with Gasteiger partial charge in [0.15, 0.2) is 0 Å². The summed E-state index contributed by atoms with van der Waals surface area (Å²) in [6, 6.07) is 0. The molecule has 0 saturated heterocycles. The van der Waals surface area contributed by atoms with Gasteiger partial charge in [-0.05, 0) is 13.0 Å². The van der Waals surface area contributed by atoms with E-state index in [1.165, 1.54) is 6.92 Å². The maximum Gasteiger partial charge on any atom is 0.440 e. The highest BCUT2D eigenvalue weighted by molar-refractivity contribution is 6.24. The van der Waals surface area contributed by atoms with Crippen molar-refractivity contribution in [2.24, 2.45) is 0 Å². The molecular formula is C5H5ClF4. The minimum absolute atomic E-state index is 0.245. The lowest BCUT2D eigenvalue weighted by Crippen LogP contribution is -2.32. The summed E-state index contributed by atoms with van der Waals surface area (Å²) >= 11 is 4.43. The van der Waals surface area contributed by atoms with Gasteiger partial charge < -0.3 is 0 Å². The molecule has 0 aliphatic rings. The lowest BCUT2D eigenvalue weighted by molar-refractivity contribution is -0.182. The quantitative estimate of drug-likeness (QED) is 0.327. The van der Waals surface area contributed by atoms with E-state index in [0.29, 0.717) is 0 Å². The minimum Gasteiger partial charge on any atom is -0.211 e. The smallest absolute Gasteiger partial charge is 0.211 e. The Morgan fingerprint density at radius 2 is 1.60 bits per heavy atom. The lowest BCUT2D eigenvalue weighted by atomic mass is 10.3. The van der Waals surface area contributed by atoms with Crippen LogP contribution in [-0.2, 0) is 0 Å². The predicted molar refractivity (Wildman–Crippen MR) is 30.6 cm³/mol. The third-order valence-corrected chi connectivity index (χ3v) is 1.09. The van der Waals surface area contributed by atoms with Gasteiger partial charge in [-0.2, -0.15) is 13.2 Å². The van der Waals surface area contributed by atoms with Crippen molar-refractivity contribution in [2.45, 2.75) is 18.2 Å². The van der Waals surface area contributed by atoms with Crippen LogP contribution in [0.15, 0.2) is 12.2 Å². The highest BCUT2D eigenvalue weighted by Gasteiger charge is 2.52. The van der Waals surface area contributed by atoms with E-state index in [0.717, 1.165) is 6.08 Å². The maximum absolute atomic E-state index is 12.2. The Kier molecular flexibility index (Phi) is 2.71. The van der Waals surface area contributed by atoms with Crippen molar-refractivity contribution < 1.29 is 17.6 Å². The van der Waals surface area contributed by atoms with Gasteiger partial charge in [0.05, 0.1) is 0 Å². The van der Waals surface area contributed by atoms with E-state index in [1.807, 2.05) is 0 Å². The highest BCUT2D eigenvalue weighted by atomic mass is 35.5. The van der Waals surface area contributed by atoms with Crippen molar-refractivity contribution in [1.82, 2.24) is 0 Å². The summed E-state index contributed by atoms with van der Waals surface area (Å²) < 4.78 is 46.5. The molecule has 0 aliphatic carbocycles. The number of hydrogen-bond acceptors (Lipinski definition) is 0. The van der Waals surface area contributed by atoms with E-state index in [1.54, 1.807) is 0 Å². The first-order chi connectivity index (χ1) is 4.31. The van der Waals surface area contributed by atoms with Crippen LogP contribution in [0.3, 0.4) is 0 Å². The third-order valence-electron chi connectivity index (χ3n) is 0.754. The molecule has 0 nitrogen and oxygen atoms in total. The Balaban J connectivity index is 4.40. The molecule has 1 unspecified atom stereocenters. The van der Waals surface area contributed by atoms with E-state index in [2.05, 4.69) is 11.6 Å². The molecule has 0 saturated carbocycles. The molecule has 0 aromatic rings. The minimum atomic E-state index is -5.04. The Labute approximate surface area is 60.5 Å². The topological polar surface area (TPSA) is 0 Å². The van der Waals surface area contributed by atoms with Crippen LogP contribution in [-0.4, -0.2) is 11.3 Å². The zero-order valence-corrected chi connectivity index (χ0v) is 5.80. The van der Waals surface area contributed by atoms with Gasteiger partial charge in [0.25, 0.3) is 5.13 Å². The van der Waals surface area contributed by atoms with Gasteiger partial charge in [0, 0.05) is 0 Å². The molecule has 60 valence electrons. The van der Waals surface area contributed by atoms with Crippen LogP contribution in [0.2, 0.25) is 0 Å². The summed E-state index contributed by atoms with van der Waals surface area (Å²) in [5.41, 5.74) is 0. The fraction of sp³-hybridized carbons (Fsp3) is 0.600. The van der Waals surface area contributed by atoms with Crippen LogP contribution in [0.4, 0.5) is 17.6 Å². The van der Waals surface area contributed by atoms with E-state index in [9.17, 15) is 17.6 Å². The Morgan fingerprint density at radius 3 is 1.70 bits per heavy atom. The summed E-state index contributed by atoms with van der Waals surface area (Å²) in [5.74, 6) is 0. The van der Waals surface area contributed by atoms with Crippen molar-refractivity contribution in [2.75, 3.05) is 0 Å². The summed E-state index contributed by atoms with van der Waals surface area (Å²) in [6.45, 7) is 1.25. The van der Waals surface area contributed by atoms with Crippen LogP contribution in [0, 0.1) is 0 Å². The van der Waals surface area contributed by atoms with Gasteiger partial charge in [-0.15, -0.1) is 0 Å². The van der Waals surface area contributed by atoms with E-state index >= 15 is 0 Å². The second-order valence-electron chi connectivity index (χ2n) is 1.62. The van der Waals surface area contributed by atoms with Crippen molar-refractivity contribution in [3.8, 4) is 0 Å². The lowest BCUT2D eigenvalue weighted by Gasteiger charge is -2.16. The molecule has 10 heavy (non-hydrogen) atoms. The molecule has 0 aliphatic heterocycles. The maximum atomic E-state index is 12.2. The Bertz CT molecular complexity index is 135. The van der Waals surface area contributed by atoms with Crippen LogP contribution >= 0.6 is 11.6 Å². The average Bonchev–Trinajstić information content (AvgIpc) is 1.61. The zero-order chi connectivity index (χ0) is 8.41. The molecule has 0 spiro atoms. The first kappa shape index (κ1) is 9.75. The number of halogens is 5. The molecule has 0 bridgehead atoms. The van der Waals surface area contributed by atoms with Gasteiger partial charge in [0.2, 0.25) is 0 Å². The monoisotopic (exact) mass is 176 g/mol. The molecule has 0 heterocycles. The molecule has 0 aromatic carbocycles. The number of hydrogen-bond donors (Lipinski definition) is 0. The summed E-state index contributed by atoms with van der Waals surface area (Å²) in [6.07, 6.45) is -3.89. The molecular weight excluding hydrogens is 171 g/mol. The van der Waals surface area contributed by atoms with Gasteiger partial charge in [-0.3, -0.25) is 0 Å². The van der Waals surface area contributed by atoms with Crippen molar-refractivity contribution in [1.29, 1.82) is 0 Å². The first-order valence-electron chi connectivity index (χ1n) is 2.39. The molecule has 0 fully saturated rings. The van der Waals surface area contributed by atoms with Crippen LogP contribution in [0.1, 0.15) is 6.92 Å². The van der Waals surface area contributed by atoms with E-state index < -0.39 is 11.3 Å². The SMILES string of the molecule is C/C=C/C(F)(Cl)C(F)(F)F. The van der Waals surface area contributed by atoms with Gasteiger partial charge in [-0.25, -0.2) is 4.39 Å². The molecule has 0 rings (SSSR count). The normalized spacial score (nSPS) is 19.4. The van der Waals surface area contributed by atoms with Gasteiger partial charge in [0.1, 0.15) is 0 Å². The molecule has 0 amide bonds. The molecule has 0 radical (unpaired) electrons. The predicted octanol–water partition coefficient (Wildman–Crippen LogP) is 3.03. The summed E-state index contributed by atoms with van der Waals surface area (Å²) in [4.78, 5) is 0. The first-order valence-corrected chi connectivity index (χ1v) is 2.77. The van der Waals surface area contributed by atoms with Crippen LogP contribution in [0.5, 0.6) is 0 Å². The van der Waals surface area contributed by atoms with Crippen molar-refractivity contribution >= 4 is 11.6 Å². The summed E-state index contributed by atoms with van der Waals surface area (Å²) in [5, 5.41) is -3.72. The number of rotatable bonds is 1. The second kappa shape index (κ2) is 2.78. The average molecular weight is 177 g/mol. The summed E-state index contributed by atoms with van der Waals surface area (Å²) in [7, 11) is 0. The fourth-order valence-electron chi connectivity index (χ4n) is 0.304. The van der Waals surface area contributed by atoms with Crippen molar-refractivity contribution in [3.05, 3.63) is 12.2 Å². The Hall–Kier alpha value is -0.250. The van der Waals surface area contributed by atoms with E-state index in [4.69, 9.17) is 0 Å². The van der Waals surface area contributed by atoms with Gasteiger partial charge in [-0.1, -0.05) is 17.7 Å². The van der Waals surface area contributed by atoms with Crippen LogP contribution < -0.4 is 0 Å². The standard InChI is InChI=1S/C5H5ClF4/c1-2-3-4(6,7)5(8,9)10/h2-3H,1H3/b3-2+. The highest BCUT2D eigenvalue weighted by Crippen LogP contribution is 2.38. The molecule has 0 aromatic heterocycles. The van der Waals surface area contributed by atoms with Crippen LogP contribution in [0.25, 0.3) is 0 Å².